The van der Waals surface area contributed by atoms with Gasteiger partial charge in [0.25, 0.3) is 5.91 Å². The second-order valence-corrected chi connectivity index (χ2v) is 8.94. The average molecular weight is 523 g/mol. The zero-order chi connectivity index (χ0) is 24.3. The number of thioether (sulfide) groups is 1. The lowest BCUT2D eigenvalue weighted by molar-refractivity contribution is -0.137. The number of hydrogen-bond acceptors (Lipinski definition) is 4. The standard InChI is InChI=1S/C24H15Cl2F3N2O2S/c25-19-4-2-1-3-15(19)13-33-17-8-5-14(6-9-17)11-21-22(32)31-23(34-21)30-16-7-10-20(26)18(12-16)24(27,28)29/h1-12H,13H2,(H,30,31,32). The third-order valence-electron chi connectivity index (χ3n) is 4.67. The minimum absolute atomic E-state index is 0.0285. The Balaban J connectivity index is 1.44. The van der Waals surface area contributed by atoms with Crippen LogP contribution in [0.3, 0.4) is 0 Å². The Kier molecular flexibility index (Phi) is 7.21. The first kappa shape index (κ1) is 24.2. The first-order chi connectivity index (χ1) is 16.2. The number of benzene rings is 3. The van der Waals surface area contributed by atoms with Crippen molar-refractivity contribution >= 4 is 57.8 Å². The van der Waals surface area contributed by atoms with Gasteiger partial charge in [-0.05, 0) is 59.8 Å². The van der Waals surface area contributed by atoms with Crippen LogP contribution in [-0.4, -0.2) is 11.1 Å². The molecule has 0 bridgehead atoms. The highest BCUT2D eigenvalue weighted by Gasteiger charge is 2.33. The quantitative estimate of drug-likeness (QED) is 0.353. The molecule has 1 aliphatic heterocycles. The van der Waals surface area contributed by atoms with Gasteiger partial charge in [-0.15, -0.1) is 0 Å². The molecular formula is C24H15Cl2F3N2O2S. The largest absolute Gasteiger partial charge is 0.489 e. The van der Waals surface area contributed by atoms with E-state index in [1.807, 2.05) is 18.2 Å². The number of rotatable bonds is 5. The summed E-state index contributed by atoms with van der Waals surface area (Å²) in [6, 6.07) is 17.8. The van der Waals surface area contributed by atoms with Crippen molar-refractivity contribution in [1.82, 2.24) is 5.32 Å². The van der Waals surface area contributed by atoms with E-state index >= 15 is 0 Å². The molecule has 1 amide bonds. The van der Waals surface area contributed by atoms with Crippen LogP contribution in [0.25, 0.3) is 6.08 Å². The lowest BCUT2D eigenvalue weighted by Gasteiger charge is -2.09. The second-order valence-electron chi connectivity index (χ2n) is 7.09. The van der Waals surface area contributed by atoms with Crippen LogP contribution in [0.5, 0.6) is 5.75 Å². The second kappa shape index (κ2) is 10.1. The van der Waals surface area contributed by atoms with Gasteiger partial charge in [0.1, 0.15) is 12.4 Å². The maximum Gasteiger partial charge on any atom is 0.417 e. The van der Waals surface area contributed by atoms with Crippen molar-refractivity contribution in [3.05, 3.63) is 98.4 Å². The molecule has 3 aromatic carbocycles. The number of amidine groups is 1. The van der Waals surface area contributed by atoms with E-state index in [1.165, 1.54) is 6.07 Å². The molecule has 0 atom stereocenters. The normalized spacial score (nSPS) is 16.2. The fourth-order valence-corrected chi connectivity index (χ4v) is 4.24. The van der Waals surface area contributed by atoms with E-state index in [1.54, 1.807) is 36.4 Å². The van der Waals surface area contributed by atoms with Crippen LogP contribution in [0.1, 0.15) is 16.7 Å². The predicted molar refractivity (Wildman–Crippen MR) is 129 cm³/mol. The van der Waals surface area contributed by atoms with Crippen LogP contribution in [0, 0.1) is 0 Å². The van der Waals surface area contributed by atoms with Crippen LogP contribution < -0.4 is 10.1 Å². The molecule has 1 heterocycles. The summed E-state index contributed by atoms with van der Waals surface area (Å²) in [6.07, 6.45) is -2.95. The molecule has 34 heavy (non-hydrogen) atoms. The zero-order valence-electron chi connectivity index (χ0n) is 17.2. The minimum atomic E-state index is -4.60. The van der Waals surface area contributed by atoms with Gasteiger partial charge in [-0.25, -0.2) is 4.99 Å². The molecule has 1 saturated heterocycles. The summed E-state index contributed by atoms with van der Waals surface area (Å²) in [5, 5.41) is 2.93. The third kappa shape index (κ3) is 5.94. The number of amides is 1. The van der Waals surface area contributed by atoms with Crippen LogP contribution >= 0.6 is 35.0 Å². The first-order valence-corrected chi connectivity index (χ1v) is 11.4. The SMILES string of the molecule is O=C1NC(=Nc2ccc(Cl)c(C(F)(F)F)c2)SC1=Cc1ccc(OCc2ccccc2Cl)cc1. The van der Waals surface area contributed by atoms with Crippen molar-refractivity contribution in [2.24, 2.45) is 4.99 Å². The van der Waals surface area contributed by atoms with Crippen molar-refractivity contribution in [1.29, 1.82) is 0 Å². The summed E-state index contributed by atoms with van der Waals surface area (Å²) in [5.41, 5.74) is 0.651. The number of aliphatic imine (C=N–C) groups is 1. The summed E-state index contributed by atoms with van der Waals surface area (Å²) in [4.78, 5) is 16.8. The lowest BCUT2D eigenvalue weighted by atomic mass is 10.2. The zero-order valence-corrected chi connectivity index (χ0v) is 19.5. The number of nitrogens with zero attached hydrogens (tertiary/aromatic N) is 1. The highest BCUT2D eigenvalue weighted by molar-refractivity contribution is 8.18. The topological polar surface area (TPSA) is 50.7 Å². The maximum atomic E-state index is 13.1. The predicted octanol–water partition coefficient (Wildman–Crippen LogP) is 7.48. The molecule has 174 valence electrons. The molecule has 10 heteroatoms. The highest BCUT2D eigenvalue weighted by atomic mass is 35.5. The number of halogens is 5. The van der Waals surface area contributed by atoms with E-state index in [4.69, 9.17) is 27.9 Å². The van der Waals surface area contributed by atoms with Crippen molar-refractivity contribution in [3.8, 4) is 5.75 Å². The Hall–Kier alpha value is -2.94. The molecular weight excluding hydrogens is 508 g/mol. The van der Waals surface area contributed by atoms with Gasteiger partial charge in [-0.3, -0.25) is 4.79 Å². The molecule has 0 radical (unpaired) electrons. The van der Waals surface area contributed by atoms with Crippen molar-refractivity contribution in [2.45, 2.75) is 12.8 Å². The molecule has 1 N–H and O–H groups in total. The lowest BCUT2D eigenvalue weighted by Crippen LogP contribution is -2.19. The fraction of sp³-hybridized carbons (Fsp3) is 0.0833. The Morgan fingerprint density at radius 1 is 1.00 bits per heavy atom. The molecule has 3 aromatic rings. The van der Waals surface area contributed by atoms with Crippen LogP contribution in [0.4, 0.5) is 18.9 Å². The molecule has 0 spiro atoms. The molecule has 1 aliphatic rings. The number of alkyl halides is 3. The van der Waals surface area contributed by atoms with Gasteiger partial charge in [0, 0.05) is 10.6 Å². The Labute approximate surface area is 207 Å². The van der Waals surface area contributed by atoms with E-state index in [9.17, 15) is 18.0 Å². The molecule has 4 nitrogen and oxygen atoms in total. The summed E-state index contributed by atoms with van der Waals surface area (Å²) in [6.45, 7) is 0.318. The monoisotopic (exact) mass is 522 g/mol. The number of ether oxygens (including phenoxy) is 1. The highest BCUT2D eigenvalue weighted by Crippen LogP contribution is 2.37. The molecule has 0 aliphatic carbocycles. The molecule has 0 saturated carbocycles. The average Bonchev–Trinajstić information content (AvgIpc) is 3.13. The summed E-state index contributed by atoms with van der Waals surface area (Å²) in [7, 11) is 0. The van der Waals surface area contributed by atoms with Gasteiger partial charge >= 0.3 is 6.18 Å². The van der Waals surface area contributed by atoms with Gasteiger partial charge in [0.2, 0.25) is 0 Å². The van der Waals surface area contributed by atoms with Crippen molar-refractivity contribution < 1.29 is 22.7 Å². The third-order valence-corrected chi connectivity index (χ3v) is 6.28. The van der Waals surface area contributed by atoms with E-state index in [2.05, 4.69) is 10.3 Å². The van der Waals surface area contributed by atoms with Gasteiger partial charge in [-0.1, -0.05) is 53.5 Å². The van der Waals surface area contributed by atoms with Crippen LogP contribution in [-0.2, 0) is 17.6 Å². The van der Waals surface area contributed by atoms with Crippen LogP contribution in [0.2, 0.25) is 10.0 Å². The van der Waals surface area contributed by atoms with Gasteiger partial charge in [0.15, 0.2) is 5.17 Å². The minimum Gasteiger partial charge on any atom is -0.489 e. The van der Waals surface area contributed by atoms with E-state index in [-0.39, 0.29) is 10.9 Å². The Morgan fingerprint density at radius 2 is 1.74 bits per heavy atom. The first-order valence-electron chi connectivity index (χ1n) is 9.81. The summed E-state index contributed by atoms with van der Waals surface area (Å²) >= 11 is 12.8. The molecule has 0 unspecified atom stereocenters. The number of nitrogens with one attached hydrogen (secondary N) is 1. The molecule has 1 fully saturated rings. The van der Waals surface area contributed by atoms with Crippen molar-refractivity contribution in [3.63, 3.8) is 0 Å². The fourth-order valence-electron chi connectivity index (χ4n) is 2.99. The molecule has 4 rings (SSSR count). The van der Waals surface area contributed by atoms with Crippen molar-refractivity contribution in [2.75, 3.05) is 0 Å². The molecule has 0 aromatic heterocycles. The van der Waals surface area contributed by atoms with Gasteiger partial charge in [-0.2, -0.15) is 13.2 Å². The Bertz CT molecular complexity index is 1290. The van der Waals surface area contributed by atoms with E-state index < -0.39 is 22.7 Å². The number of hydrogen-bond donors (Lipinski definition) is 1. The van der Waals surface area contributed by atoms with E-state index in [0.29, 0.717) is 22.3 Å². The smallest absolute Gasteiger partial charge is 0.417 e. The number of carbonyl (C=O) groups excluding carboxylic acids is 1. The maximum absolute atomic E-state index is 13.1. The number of carbonyl (C=O) groups is 1. The van der Waals surface area contributed by atoms with Gasteiger partial charge in [0.05, 0.1) is 21.2 Å². The summed E-state index contributed by atoms with van der Waals surface area (Å²) < 4.78 is 44.9. The Morgan fingerprint density at radius 3 is 2.44 bits per heavy atom. The van der Waals surface area contributed by atoms with Gasteiger partial charge < -0.3 is 10.1 Å². The summed E-state index contributed by atoms with van der Waals surface area (Å²) in [5.74, 6) is 0.240. The van der Waals surface area contributed by atoms with E-state index in [0.717, 1.165) is 35.0 Å². The van der Waals surface area contributed by atoms with Crippen LogP contribution in [0.15, 0.2) is 76.6 Å².